The second-order valence-electron chi connectivity index (χ2n) is 6.56. The minimum absolute atomic E-state index is 0. The zero-order chi connectivity index (χ0) is 20.4. The van der Waals surface area contributed by atoms with Gasteiger partial charge < -0.3 is 25.1 Å². The molecule has 0 radical (unpaired) electrons. The third-order valence-electron chi connectivity index (χ3n) is 4.47. The number of phenolic OH excluding ortho intramolecular Hbond substituents is 1. The van der Waals surface area contributed by atoms with Gasteiger partial charge in [0, 0.05) is 11.4 Å². The van der Waals surface area contributed by atoms with E-state index in [-0.39, 0.29) is 52.1 Å². The molecule has 1 amide bonds. The van der Waals surface area contributed by atoms with Crippen molar-refractivity contribution in [2.75, 3.05) is 0 Å². The number of aliphatic carboxylic acids is 1. The average molecular weight is 426 g/mol. The zero-order valence-corrected chi connectivity index (χ0v) is 18.7. The van der Waals surface area contributed by atoms with E-state index >= 15 is 0 Å². The fraction of sp³-hybridized carbons (Fsp3) is 0.250. The van der Waals surface area contributed by atoms with Crippen LogP contribution in [-0.4, -0.2) is 35.1 Å². The first-order valence-corrected chi connectivity index (χ1v) is 8.96. The summed E-state index contributed by atoms with van der Waals surface area (Å²) in [6.45, 7) is 1.68. The Kier molecular flexibility index (Phi) is 7.71. The SMILES string of the molecule is CC1Cc2c(Cl)cc(C(=O)NC(Cc3ccccc3)C(=O)[O-])c(O)c2C(=O)O1.[Na+]. The molecule has 9 heteroatoms. The van der Waals surface area contributed by atoms with Crippen LogP contribution in [0.15, 0.2) is 36.4 Å². The number of benzene rings is 2. The molecule has 0 aliphatic carbocycles. The Labute approximate surface area is 194 Å². The van der Waals surface area contributed by atoms with Crippen LogP contribution < -0.4 is 40.0 Å². The van der Waals surface area contributed by atoms with Gasteiger partial charge in [0.15, 0.2) is 0 Å². The number of rotatable bonds is 5. The van der Waals surface area contributed by atoms with Gasteiger partial charge >= 0.3 is 35.5 Å². The maximum absolute atomic E-state index is 12.6. The molecule has 0 spiro atoms. The standard InChI is InChI=1S/C20H18ClNO6.Na/c1-10-7-12-14(21)9-13(17(23)16(12)20(27)28-10)18(24)22-15(19(25)26)8-11-5-3-2-4-6-11;/h2-6,9-10,15,23H,7-8H2,1H3,(H,22,24)(H,25,26);/q;+1/p-1. The van der Waals surface area contributed by atoms with Gasteiger partial charge in [-0.2, -0.15) is 0 Å². The fourth-order valence-corrected chi connectivity index (χ4v) is 3.40. The van der Waals surface area contributed by atoms with Gasteiger partial charge in [-0.3, -0.25) is 4.79 Å². The number of ether oxygens (including phenoxy) is 1. The molecule has 2 unspecified atom stereocenters. The van der Waals surface area contributed by atoms with Gasteiger partial charge in [-0.1, -0.05) is 41.9 Å². The van der Waals surface area contributed by atoms with Crippen molar-refractivity contribution in [3.63, 3.8) is 0 Å². The van der Waals surface area contributed by atoms with E-state index in [1.54, 1.807) is 37.3 Å². The molecule has 7 nitrogen and oxygen atoms in total. The smallest absolute Gasteiger partial charge is 0.548 e. The second-order valence-corrected chi connectivity index (χ2v) is 6.97. The van der Waals surface area contributed by atoms with E-state index in [1.807, 2.05) is 0 Å². The second kappa shape index (κ2) is 9.63. The molecule has 1 aliphatic rings. The summed E-state index contributed by atoms with van der Waals surface area (Å²) in [5.74, 6) is -3.75. The molecular formula is C20H17ClNNaO6. The molecule has 0 saturated carbocycles. The van der Waals surface area contributed by atoms with Gasteiger partial charge in [0.2, 0.25) is 0 Å². The van der Waals surface area contributed by atoms with E-state index in [4.69, 9.17) is 16.3 Å². The number of carboxylic acid groups (broad SMARTS) is 1. The van der Waals surface area contributed by atoms with Crippen molar-refractivity contribution in [2.45, 2.75) is 31.9 Å². The number of carbonyl (C=O) groups excluding carboxylic acids is 3. The van der Waals surface area contributed by atoms with E-state index in [0.717, 1.165) is 0 Å². The summed E-state index contributed by atoms with van der Waals surface area (Å²) in [6, 6.07) is 8.57. The van der Waals surface area contributed by atoms with Crippen molar-refractivity contribution >= 4 is 29.4 Å². The predicted octanol–water partition coefficient (Wildman–Crippen LogP) is -1.76. The van der Waals surface area contributed by atoms with Crippen LogP contribution in [-0.2, 0) is 22.4 Å². The van der Waals surface area contributed by atoms with Crippen molar-refractivity contribution in [3.8, 4) is 5.75 Å². The molecule has 0 bridgehead atoms. The Morgan fingerprint density at radius 2 is 2.00 bits per heavy atom. The number of amides is 1. The molecule has 2 N–H and O–H groups in total. The average Bonchev–Trinajstić information content (AvgIpc) is 2.64. The summed E-state index contributed by atoms with van der Waals surface area (Å²) in [6.07, 6.45) is -0.121. The number of cyclic esters (lactones) is 1. The predicted molar refractivity (Wildman–Crippen MR) is 98.1 cm³/mol. The van der Waals surface area contributed by atoms with E-state index in [9.17, 15) is 24.6 Å². The number of carbonyl (C=O) groups is 3. The molecule has 2 aromatic rings. The maximum atomic E-state index is 12.6. The maximum Gasteiger partial charge on any atom is 1.00 e. The third-order valence-corrected chi connectivity index (χ3v) is 4.81. The van der Waals surface area contributed by atoms with Gasteiger partial charge in [0.1, 0.15) is 17.4 Å². The van der Waals surface area contributed by atoms with Crippen molar-refractivity contribution in [1.29, 1.82) is 0 Å². The first-order chi connectivity index (χ1) is 13.3. The molecule has 0 fully saturated rings. The molecular weight excluding hydrogens is 409 g/mol. The quantitative estimate of drug-likeness (QED) is 0.433. The van der Waals surface area contributed by atoms with Crippen molar-refractivity contribution in [2.24, 2.45) is 0 Å². The Bertz CT molecular complexity index is 950. The van der Waals surface area contributed by atoms with Gasteiger partial charge in [-0.15, -0.1) is 0 Å². The summed E-state index contributed by atoms with van der Waals surface area (Å²) in [7, 11) is 0. The summed E-state index contributed by atoms with van der Waals surface area (Å²) in [5.41, 5.74) is 0.584. The summed E-state index contributed by atoms with van der Waals surface area (Å²) < 4.78 is 5.09. The van der Waals surface area contributed by atoms with E-state index in [0.29, 0.717) is 17.5 Å². The largest absolute Gasteiger partial charge is 1.00 e. The van der Waals surface area contributed by atoms with Crippen molar-refractivity contribution < 1.29 is 58.9 Å². The van der Waals surface area contributed by atoms with Crippen molar-refractivity contribution in [3.05, 3.63) is 63.7 Å². The van der Waals surface area contributed by atoms with Gasteiger partial charge in [-0.05, 0) is 30.5 Å². The third kappa shape index (κ3) is 5.11. The number of carboxylic acids is 1. The minimum Gasteiger partial charge on any atom is -0.548 e. The summed E-state index contributed by atoms with van der Waals surface area (Å²) in [5, 5.41) is 24.3. The number of nitrogens with one attached hydrogen (secondary N) is 1. The summed E-state index contributed by atoms with van der Waals surface area (Å²) >= 11 is 6.20. The van der Waals surface area contributed by atoms with Gasteiger partial charge in [-0.25, -0.2) is 4.79 Å². The number of halogens is 1. The first-order valence-electron chi connectivity index (χ1n) is 8.59. The van der Waals surface area contributed by atoms with Gasteiger partial charge in [0.05, 0.1) is 17.6 Å². The monoisotopic (exact) mass is 425 g/mol. The Morgan fingerprint density at radius 3 is 2.62 bits per heavy atom. The number of esters is 1. The fourth-order valence-electron chi connectivity index (χ4n) is 3.12. The van der Waals surface area contributed by atoms with Crippen LogP contribution in [0.25, 0.3) is 0 Å². The van der Waals surface area contributed by atoms with Crippen LogP contribution in [0.3, 0.4) is 0 Å². The molecule has 1 aliphatic heterocycles. The Morgan fingerprint density at radius 1 is 1.34 bits per heavy atom. The molecule has 0 saturated heterocycles. The number of phenols is 1. The number of hydrogen-bond acceptors (Lipinski definition) is 6. The van der Waals surface area contributed by atoms with E-state index in [2.05, 4.69) is 5.32 Å². The van der Waals surface area contributed by atoms with Crippen LogP contribution in [0.1, 0.15) is 38.8 Å². The molecule has 2 aromatic carbocycles. The van der Waals surface area contributed by atoms with Crippen LogP contribution >= 0.6 is 11.6 Å². The Balaban J connectivity index is 0.00000300. The minimum atomic E-state index is -1.48. The molecule has 1 heterocycles. The number of fused-ring (bicyclic) bond motifs is 1. The van der Waals surface area contributed by atoms with E-state index < -0.39 is 35.7 Å². The van der Waals surface area contributed by atoms with Crippen LogP contribution in [0.5, 0.6) is 5.75 Å². The topological polar surface area (TPSA) is 116 Å². The molecule has 2 atom stereocenters. The van der Waals surface area contributed by atoms with Crippen LogP contribution in [0.4, 0.5) is 0 Å². The molecule has 146 valence electrons. The zero-order valence-electron chi connectivity index (χ0n) is 15.9. The Hall–Kier alpha value is -2.06. The van der Waals surface area contributed by atoms with Gasteiger partial charge in [0.25, 0.3) is 5.91 Å². The molecule has 3 rings (SSSR count). The number of aromatic hydroxyl groups is 1. The number of hydrogen-bond donors (Lipinski definition) is 2. The van der Waals surface area contributed by atoms with Crippen LogP contribution in [0, 0.1) is 0 Å². The van der Waals surface area contributed by atoms with Crippen LogP contribution in [0.2, 0.25) is 5.02 Å². The first kappa shape index (κ1) is 23.2. The summed E-state index contributed by atoms with van der Waals surface area (Å²) in [4.78, 5) is 36.2. The van der Waals surface area contributed by atoms with E-state index in [1.165, 1.54) is 6.07 Å². The normalized spacial score (nSPS) is 16.1. The molecule has 29 heavy (non-hydrogen) atoms. The van der Waals surface area contributed by atoms with Crippen molar-refractivity contribution in [1.82, 2.24) is 5.32 Å². The molecule has 0 aromatic heterocycles.